The van der Waals surface area contributed by atoms with Gasteiger partial charge in [-0.05, 0) is 13.5 Å². The van der Waals surface area contributed by atoms with E-state index in [0.29, 0.717) is 5.78 Å². The zero-order chi connectivity index (χ0) is 5.28. The number of likely N-dealkylation sites (N-methyl/N-ethyl adjacent to an activating group) is 1. The Labute approximate surface area is 42.9 Å². The molecule has 7 heavy (non-hydrogen) atoms. The minimum atomic E-state index is 0.194. The highest BCUT2D eigenvalue weighted by molar-refractivity contribution is 5.89. The summed E-state index contributed by atoms with van der Waals surface area (Å²) in [7, 11) is 1.82. The lowest BCUT2D eigenvalue weighted by atomic mass is 9.92. The van der Waals surface area contributed by atoms with E-state index in [1.807, 2.05) is 7.05 Å². The highest BCUT2D eigenvalue weighted by Crippen LogP contribution is 2.12. The number of rotatable bonds is 1. The van der Waals surface area contributed by atoms with E-state index in [2.05, 4.69) is 5.32 Å². The lowest BCUT2D eigenvalue weighted by molar-refractivity contribution is -0.126. The van der Waals surface area contributed by atoms with E-state index in [4.69, 9.17) is 0 Å². The fraction of sp³-hybridized carbons (Fsp3) is 0.800. The molecule has 0 radical (unpaired) electrons. The molecule has 1 aliphatic carbocycles. The van der Waals surface area contributed by atoms with Crippen LogP contribution in [-0.2, 0) is 4.79 Å². The second-order valence-corrected chi connectivity index (χ2v) is 1.85. The molecule has 0 aliphatic heterocycles. The molecule has 0 aromatic rings. The molecule has 1 unspecified atom stereocenters. The van der Waals surface area contributed by atoms with E-state index < -0.39 is 0 Å². The minimum absolute atomic E-state index is 0.194. The van der Waals surface area contributed by atoms with Crippen molar-refractivity contribution in [3.63, 3.8) is 0 Å². The quantitative estimate of drug-likeness (QED) is 0.499. The Morgan fingerprint density at radius 2 is 2.57 bits per heavy atom. The lowest BCUT2D eigenvalue weighted by Gasteiger charge is -2.22. The average molecular weight is 99.1 g/mol. The Morgan fingerprint density at radius 3 is 2.57 bits per heavy atom. The molecule has 1 aliphatic rings. The first-order valence-corrected chi connectivity index (χ1v) is 2.54. The number of hydrogen-bond acceptors (Lipinski definition) is 2. The summed E-state index contributed by atoms with van der Waals surface area (Å²) < 4.78 is 0. The van der Waals surface area contributed by atoms with Crippen LogP contribution in [0.3, 0.4) is 0 Å². The molecule has 2 nitrogen and oxygen atoms in total. The molecule has 1 fully saturated rings. The summed E-state index contributed by atoms with van der Waals surface area (Å²) in [4.78, 5) is 10.4. The zero-order valence-corrected chi connectivity index (χ0v) is 4.40. The van der Waals surface area contributed by atoms with Crippen LogP contribution in [0.2, 0.25) is 0 Å². The van der Waals surface area contributed by atoms with Gasteiger partial charge in [0.05, 0.1) is 6.04 Å². The van der Waals surface area contributed by atoms with Crippen LogP contribution in [0.15, 0.2) is 0 Å². The SMILES string of the molecule is CNC1CCC1=O. The van der Waals surface area contributed by atoms with Gasteiger partial charge in [-0.3, -0.25) is 4.79 Å². The van der Waals surface area contributed by atoms with Crippen molar-refractivity contribution < 1.29 is 4.79 Å². The van der Waals surface area contributed by atoms with Crippen LogP contribution in [0.5, 0.6) is 0 Å². The van der Waals surface area contributed by atoms with Crippen LogP contribution >= 0.6 is 0 Å². The summed E-state index contributed by atoms with van der Waals surface area (Å²) in [5, 5.41) is 2.90. The van der Waals surface area contributed by atoms with Crippen LogP contribution in [0.4, 0.5) is 0 Å². The van der Waals surface area contributed by atoms with Crippen molar-refractivity contribution in [2.45, 2.75) is 18.9 Å². The monoisotopic (exact) mass is 99.1 g/mol. The average Bonchev–Trinajstić information content (AvgIpc) is 1.65. The van der Waals surface area contributed by atoms with Crippen molar-refractivity contribution in [3.8, 4) is 0 Å². The number of carbonyl (C=O) groups is 1. The van der Waals surface area contributed by atoms with Gasteiger partial charge >= 0.3 is 0 Å². The molecule has 1 rings (SSSR count). The van der Waals surface area contributed by atoms with Crippen molar-refractivity contribution in [1.29, 1.82) is 0 Å². The molecule has 0 aromatic carbocycles. The van der Waals surface area contributed by atoms with Gasteiger partial charge in [-0.15, -0.1) is 0 Å². The van der Waals surface area contributed by atoms with Crippen LogP contribution in [0, 0.1) is 0 Å². The third-order valence-electron chi connectivity index (χ3n) is 1.42. The van der Waals surface area contributed by atoms with Crippen molar-refractivity contribution in [2.24, 2.45) is 0 Å². The maximum absolute atomic E-state index is 10.4. The summed E-state index contributed by atoms with van der Waals surface area (Å²) in [6, 6.07) is 0.194. The Hall–Kier alpha value is -0.370. The van der Waals surface area contributed by atoms with Crippen molar-refractivity contribution in [2.75, 3.05) is 7.05 Å². The maximum Gasteiger partial charge on any atom is 0.149 e. The molecule has 1 saturated carbocycles. The normalized spacial score (nSPS) is 29.9. The summed E-state index contributed by atoms with van der Waals surface area (Å²) in [6.45, 7) is 0. The van der Waals surface area contributed by atoms with Gasteiger partial charge in [-0.1, -0.05) is 0 Å². The van der Waals surface area contributed by atoms with E-state index in [1.54, 1.807) is 0 Å². The van der Waals surface area contributed by atoms with E-state index in [9.17, 15) is 4.79 Å². The molecular weight excluding hydrogens is 90.1 g/mol. The number of hydrogen-bond donors (Lipinski definition) is 1. The number of Topliss-reactive ketones (excluding diaryl/α,β-unsaturated/α-hetero) is 1. The molecule has 0 aromatic heterocycles. The van der Waals surface area contributed by atoms with Crippen LogP contribution in [0.1, 0.15) is 12.8 Å². The Balaban J connectivity index is 2.29. The van der Waals surface area contributed by atoms with Gasteiger partial charge in [0, 0.05) is 6.42 Å². The first-order chi connectivity index (χ1) is 3.34. The van der Waals surface area contributed by atoms with Crippen LogP contribution < -0.4 is 5.32 Å². The van der Waals surface area contributed by atoms with Gasteiger partial charge < -0.3 is 5.32 Å². The molecule has 0 bridgehead atoms. The third kappa shape index (κ3) is 0.657. The smallest absolute Gasteiger partial charge is 0.149 e. The van der Waals surface area contributed by atoms with Gasteiger partial charge in [0.2, 0.25) is 0 Å². The number of ketones is 1. The van der Waals surface area contributed by atoms with E-state index in [-0.39, 0.29) is 6.04 Å². The van der Waals surface area contributed by atoms with Gasteiger partial charge in [0.25, 0.3) is 0 Å². The predicted molar refractivity (Wildman–Crippen MR) is 27.1 cm³/mol. The van der Waals surface area contributed by atoms with E-state index >= 15 is 0 Å². The summed E-state index contributed by atoms with van der Waals surface area (Å²) >= 11 is 0. The zero-order valence-electron chi connectivity index (χ0n) is 4.40. The standard InChI is InChI=1S/C5H9NO/c1-6-4-2-3-5(4)7/h4,6H,2-3H2,1H3. The summed E-state index contributed by atoms with van der Waals surface area (Å²) in [5.41, 5.74) is 0. The first-order valence-electron chi connectivity index (χ1n) is 2.54. The van der Waals surface area contributed by atoms with E-state index in [0.717, 1.165) is 12.8 Å². The maximum atomic E-state index is 10.4. The Kier molecular flexibility index (Phi) is 1.11. The Morgan fingerprint density at radius 1 is 1.86 bits per heavy atom. The van der Waals surface area contributed by atoms with Crippen molar-refractivity contribution in [1.82, 2.24) is 5.32 Å². The largest absolute Gasteiger partial charge is 0.311 e. The summed E-state index contributed by atoms with van der Waals surface area (Å²) in [6.07, 6.45) is 1.82. The van der Waals surface area contributed by atoms with Gasteiger partial charge in [0.15, 0.2) is 0 Å². The van der Waals surface area contributed by atoms with Crippen molar-refractivity contribution in [3.05, 3.63) is 0 Å². The molecule has 0 spiro atoms. The molecule has 1 N–H and O–H groups in total. The molecule has 0 saturated heterocycles. The van der Waals surface area contributed by atoms with Gasteiger partial charge in [-0.2, -0.15) is 0 Å². The van der Waals surface area contributed by atoms with Crippen LogP contribution in [-0.4, -0.2) is 18.9 Å². The second-order valence-electron chi connectivity index (χ2n) is 1.85. The summed E-state index contributed by atoms with van der Waals surface area (Å²) in [5.74, 6) is 0.363. The predicted octanol–water partition coefficient (Wildman–Crippen LogP) is -0.0627. The molecule has 2 heteroatoms. The van der Waals surface area contributed by atoms with Crippen LogP contribution in [0.25, 0.3) is 0 Å². The van der Waals surface area contributed by atoms with Crippen molar-refractivity contribution >= 4 is 5.78 Å². The highest BCUT2D eigenvalue weighted by Gasteiger charge is 2.25. The van der Waals surface area contributed by atoms with E-state index in [1.165, 1.54) is 0 Å². The number of carbonyl (C=O) groups excluding carboxylic acids is 1. The fourth-order valence-corrected chi connectivity index (χ4v) is 0.712. The first kappa shape index (κ1) is 4.78. The lowest BCUT2D eigenvalue weighted by Crippen LogP contribution is -2.42. The number of nitrogens with one attached hydrogen (secondary N) is 1. The Bertz CT molecular complexity index is 88.1. The molecule has 40 valence electrons. The molecule has 0 amide bonds. The minimum Gasteiger partial charge on any atom is -0.311 e. The molecular formula is C5H9NO. The third-order valence-corrected chi connectivity index (χ3v) is 1.42. The second kappa shape index (κ2) is 1.62. The molecule has 0 heterocycles. The van der Waals surface area contributed by atoms with Gasteiger partial charge in [-0.25, -0.2) is 0 Å². The molecule has 1 atom stereocenters. The topological polar surface area (TPSA) is 29.1 Å². The highest BCUT2D eigenvalue weighted by atomic mass is 16.1. The van der Waals surface area contributed by atoms with Gasteiger partial charge in [0.1, 0.15) is 5.78 Å². The fourth-order valence-electron chi connectivity index (χ4n) is 0.712.